The van der Waals surface area contributed by atoms with E-state index in [1.807, 2.05) is 24.3 Å². The van der Waals surface area contributed by atoms with Crippen molar-refractivity contribution in [1.29, 1.82) is 5.26 Å². The molecule has 7 nitrogen and oxygen atoms in total. The van der Waals surface area contributed by atoms with Crippen molar-refractivity contribution >= 4 is 63.1 Å². The summed E-state index contributed by atoms with van der Waals surface area (Å²) in [5, 5.41) is 12.5. The van der Waals surface area contributed by atoms with Crippen LogP contribution in [0.3, 0.4) is 0 Å². The summed E-state index contributed by atoms with van der Waals surface area (Å²) >= 11 is 6.69. The molecule has 4 rings (SSSR count). The lowest BCUT2D eigenvalue weighted by Crippen LogP contribution is -2.36. The quantitative estimate of drug-likeness (QED) is 0.577. The van der Waals surface area contributed by atoms with Crippen LogP contribution in [0.5, 0.6) is 0 Å². The standard InChI is InChI=1S/C22H15ClN4O3S/c23-15-4-3-5-16(11-15)25-20(28)13-27-21(29)19(31-22(27)30)10-14-12-26(9-8-24)18-7-2-1-6-17(14)18/h1-7,10-12H,9,13H2,(H,25,28)/b19-10-. The molecule has 1 aromatic heterocycles. The Hall–Kier alpha value is -3.54. The first-order chi connectivity index (χ1) is 15.0. The van der Waals surface area contributed by atoms with E-state index in [1.165, 1.54) is 0 Å². The molecule has 2 heterocycles. The lowest BCUT2D eigenvalue weighted by atomic mass is 10.1. The van der Waals surface area contributed by atoms with Crippen LogP contribution < -0.4 is 5.32 Å². The smallest absolute Gasteiger partial charge is 0.294 e. The number of hydrogen-bond donors (Lipinski definition) is 1. The molecule has 0 unspecified atom stereocenters. The molecule has 3 amide bonds. The molecule has 154 valence electrons. The highest BCUT2D eigenvalue weighted by Gasteiger charge is 2.36. The number of benzene rings is 2. The summed E-state index contributed by atoms with van der Waals surface area (Å²) in [5.74, 6) is -1.04. The molecule has 1 saturated heterocycles. The molecule has 3 aromatic rings. The number of thioether (sulfide) groups is 1. The Morgan fingerprint density at radius 2 is 2.00 bits per heavy atom. The minimum atomic E-state index is -0.534. The monoisotopic (exact) mass is 450 g/mol. The maximum absolute atomic E-state index is 12.8. The molecule has 9 heteroatoms. The molecule has 0 atom stereocenters. The zero-order chi connectivity index (χ0) is 22.0. The molecule has 0 saturated carbocycles. The molecule has 1 N–H and O–H groups in total. The summed E-state index contributed by atoms with van der Waals surface area (Å²) in [4.78, 5) is 38.6. The third-order valence-corrected chi connectivity index (χ3v) is 5.77. The fourth-order valence-electron chi connectivity index (χ4n) is 3.29. The zero-order valence-corrected chi connectivity index (χ0v) is 17.6. The second kappa shape index (κ2) is 8.68. The minimum Gasteiger partial charge on any atom is -0.333 e. The first-order valence-corrected chi connectivity index (χ1v) is 10.4. The summed E-state index contributed by atoms with van der Waals surface area (Å²) in [6.07, 6.45) is 3.39. The van der Waals surface area contributed by atoms with Crippen LogP contribution in [0.1, 0.15) is 5.56 Å². The summed E-state index contributed by atoms with van der Waals surface area (Å²) in [6, 6.07) is 16.2. The average molecular weight is 451 g/mol. The summed E-state index contributed by atoms with van der Waals surface area (Å²) in [5.41, 5.74) is 2.06. The summed E-state index contributed by atoms with van der Waals surface area (Å²) in [7, 11) is 0. The van der Waals surface area contributed by atoms with Gasteiger partial charge in [0.05, 0.1) is 11.0 Å². The molecule has 0 bridgehead atoms. The Morgan fingerprint density at radius 1 is 1.19 bits per heavy atom. The summed E-state index contributed by atoms with van der Waals surface area (Å²) in [6.45, 7) is -0.232. The zero-order valence-electron chi connectivity index (χ0n) is 16.0. The SMILES string of the molecule is N#CCn1cc(/C=C2\SC(=O)N(CC(=O)Nc3cccc(Cl)c3)C2=O)c2ccccc21. The molecule has 0 aliphatic carbocycles. The second-order valence-corrected chi connectivity index (χ2v) is 8.14. The van der Waals surface area contributed by atoms with E-state index in [1.54, 1.807) is 41.1 Å². The number of carbonyl (C=O) groups is 3. The Labute approximate surface area is 186 Å². The number of nitrogens with one attached hydrogen (secondary N) is 1. The Kier molecular flexibility index (Phi) is 5.80. The predicted molar refractivity (Wildman–Crippen MR) is 120 cm³/mol. The van der Waals surface area contributed by atoms with Crippen molar-refractivity contribution in [2.24, 2.45) is 0 Å². The van der Waals surface area contributed by atoms with Crippen LogP contribution in [0.25, 0.3) is 17.0 Å². The third-order valence-electron chi connectivity index (χ3n) is 4.63. The van der Waals surface area contributed by atoms with Crippen molar-refractivity contribution in [3.8, 4) is 6.07 Å². The number of fused-ring (bicyclic) bond motifs is 1. The van der Waals surface area contributed by atoms with Crippen molar-refractivity contribution in [3.63, 3.8) is 0 Å². The van der Waals surface area contributed by atoms with Crippen molar-refractivity contribution in [1.82, 2.24) is 9.47 Å². The molecule has 1 aliphatic heterocycles. The van der Waals surface area contributed by atoms with Crippen molar-refractivity contribution in [2.75, 3.05) is 11.9 Å². The van der Waals surface area contributed by atoms with E-state index in [2.05, 4.69) is 11.4 Å². The van der Waals surface area contributed by atoms with Gasteiger partial charge in [0.2, 0.25) is 5.91 Å². The van der Waals surface area contributed by atoms with Crippen LogP contribution in [-0.2, 0) is 16.1 Å². The highest BCUT2D eigenvalue weighted by molar-refractivity contribution is 8.18. The van der Waals surface area contributed by atoms with E-state index >= 15 is 0 Å². The van der Waals surface area contributed by atoms with Gasteiger partial charge in [-0.2, -0.15) is 5.26 Å². The van der Waals surface area contributed by atoms with E-state index in [4.69, 9.17) is 16.9 Å². The van der Waals surface area contributed by atoms with Gasteiger partial charge >= 0.3 is 0 Å². The van der Waals surface area contributed by atoms with Crippen LogP contribution in [-0.4, -0.2) is 33.1 Å². The van der Waals surface area contributed by atoms with Gasteiger partial charge in [-0.25, -0.2) is 0 Å². The number of hydrogen-bond acceptors (Lipinski definition) is 5. The number of rotatable bonds is 5. The number of halogens is 1. The third kappa shape index (κ3) is 4.33. The van der Waals surface area contributed by atoms with Crippen molar-refractivity contribution in [2.45, 2.75) is 6.54 Å². The molecule has 1 aliphatic rings. The van der Waals surface area contributed by atoms with Gasteiger partial charge in [-0.05, 0) is 42.1 Å². The summed E-state index contributed by atoms with van der Waals surface area (Å²) < 4.78 is 1.78. The van der Waals surface area contributed by atoms with E-state index in [0.29, 0.717) is 10.7 Å². The Balaban J connectivity index is 1.55. The maximum Gasteiger partial charge on any atom is 0.294 e. The van der Waals surface area contributed by atoms with Crippen LogP contribution in [0.4, 0.5) is 10.5 Å². The van der Waals surface area contributed by atoms with Crippen LogP contribution >= 0.6 is 23.4 Å². The number of aromatic nitrogens is 1. The number of para-hydroxylation sites is 1. The molecule has 0 spiro atoms. The van der Waals surface area contributed by atoms with Gasteiger partial charge in [0.25, 0.3) is 11.1 Å². The molecule has 0 radical (unpaired) electrons. The van der Waals surface area contributed by atoms with Gasteiger partial charge in [0.1, 0.15) is 13.1 Å². The predicted octanol–water partition coefficient (Wildman–Crippen LogP) is 4.49. The van der Waals surface area contributed by atoms with Crippen LogP contribution in [0.15, 0.2) is 59.6 Å². The van der Waals surface area contributed by atoms with Crippen molar-refractivity contribution in [3.05, 3.63) is 70.2 Å². The first-order valence-electron chi connectivity index (χ1n) is 9.22. The van der Waals surface area contributed by atoms with Gasteiger partial charge in [-0.1, -0.05) is 35.9 Å². The molecular weight excluding hydrogens is 436 g/mol. The Bertz CT molecular complexity index is 1290. The highest BCUT2D eigenvalue weighted by Crippen LogP contribution is 2.34. The number of nitriles is 1. The number of nitrogens with zero attached hydrogens (tertiary/aromatic N) is 3. The number of imide groups is 1. The number of anilines is 1. The highest BCUT2D eigenvalue weighted by atomic mass is 35.5. The van der Waals surface area contributed by atoms with Gasteiger partial charge < -0.3 is 9.88 Å². The van der Waals surface area contributed by atoms with E-state index in [0.717, 1.165) is 33.1 Å². The lowest BCUT2D eigenvalue weighted by Gasteiger charge is -2.12. The average Bonchev–Trinajstić information content (AvgIpc) is 3.21. The van der Waals surface area contributed by atoms with Crippen LogP contribution in [0, 0.1) is 11.3 Å². The van der Waals surface area contributed by atoms with E-state index in [-0.39, 0.29) is 11.4 Å². The van der Waals surface area contributed by atoms with E-state index < -0.39 is 23.6 Å². The van der Waals surface area contributed by atoms with Crippen LogP contribution in [0.2, 0.25) is 5.02 Å². The number of carbonyl (C=O) groups excluding carboxylic acids is 3. The molecule has 1 fully saturated rings. The van der Waals surface area contributed by atoms with Gasteiger partial charge in [-0.3, -0.25) is 19.3 Å². The van der Waals surface area contributed by atoms with Gasteiger partial charge in [0, 0.05) is 33.4 Å². The lowest BCUT2D eigenvalue weighted by molar-refractivity contribution is -0.127. The molecule has 31 heavy (non-hydrogen) atoms. The molecule has 2 aromatic carbocycles. The van der Waals surface area contributed by atoms with Gasteiger partial charge in [0.15, 0.2) is 0 Å². The second-order valence-electron chi connectivity index (χ2n) is 6.71. The Morgan fingerprint density at radius 3 is 2.77 bits per heavy atom. The normalized spacial score (nSPS) is 15.0. The van der Waals surface area contributed by atoms with Gasteiger partial charge in [-0.15, -0.1) is 0 Å². The topological polar surface area (TPSA) is 95.2 Å². The number of amides is 3. The fraction of sp³-hybridized carbons (Fsp3) is 0.0909. The van der Waals surface area contributed by atoms with Crippen molar-refractivity contribution < 1.29 is 14.4 Å². The first kappa shape index (κ1) is 20.7. The maximum atomic E-state index is 12.8. The minimum absolute atomic E-state index is 0.166. The fourth-order valence-corrected chi connectivity index (χ4v) is 4.30. The van der Waals surface area contributed by atoms with E-state index in [9.17, 15) is 14.4 Å². The molecular formula is C22H15ClN4O3S. The largest absolute Gasteiger partial charge is 0.333 e.